The summed E-state index contributed by atoms with van der Waals surface area (Å²) in [5, 5.41) is 22.5. The van der Waals surface area contributed by atoms with Crippen LogP contribution in [0.15, 0.2) is 36.8 Å². The lowest BCUT2D eigenvalue weighted by molar-refractivity contribution is -0.0432. The normalized spacial score (nSPS) is 22.0. The zero-order valence-corrected chi connectivity index (χ0v) is 15.8. The number of fused-ring (bicyclic) bond motifs is 1. The van der Waals surface area contributed by atoms with Crippen LogP contribution in [-0.2, 0) is 11.2 Å². The molecule has 3 aromatic rings. The van der Waals surface area contributed by atoms with Gasteiger partial charge in [0.1, 0.15) is 17.8 Å². The molecule has 0 amide bonds. The minimum Gasteiger partial charge on any atom is -0.394 e. The number of benzene rings is 1. The molecule has 0 radical (unpaired) electrons. The fraction of sp³-hybridized carbons (Fsp3) is 0.450. The summed E-state index contributed by atoms with van der Waals surface area (Å²) in [5.74, 6) is 0.466. The smallest absolute Gasteiger partial charge is 0.229 e. The van der Waals surface area contributed by atoms with E-state index in [0.29, 0.717) is 23.5 Å². The van der Waals surface area contributed by atoms with Crippen LogP contribution in [0.4, 0.5) is 11.6 Å². The van der Waals surface area contributed by atoms with Crippen molar-refractivity contribution >= 4 is 22.8 Å². The Bertz CT molecular complexity index is 927. The van der Waals surface area contributed by atoms with Crippen LogP contribution in [0.1, 0.15) is 38.0 Å². The lowest BCUT2D eigenvalue weighted by atomic mass is 10.1. The maximum absolute atomic E-state index is 9.99. The molecule has 1 saturated heterocycles. The van der Waals surface area contributed by atoms with Gasteiger partial charge in [0.2, 0.25) is 5.95 Å². The first-order chi connectivity index (χ1) is 13.7. The Hall–Kier alpha value is -2.55. The van der Waals surface area contributed by atoms with Gasteiger partial charge in [-0.3, -0.25) is 4.57 Å². The summed E-state index contributed by atoms with van der Waals surface area (Å²) in [6.45, 7) is 1.97. The number of aliphatic hydroxyl groups excluding tert-OH is 2. The zero-order valence-electron chi connectivity index (χ0n) is 15.8. The van der Waals surface area contributed by atoms with Gasteiger partial charge in [-0.15, -0.1) is 0 Å². The summed E-state index contributed by atoms with van der Waals surface area (Å²) in [5.41, 5.74) is 3.50. The van der Waals surface area contributed by atoms with E-state index in [-0.39, 0.29) is 6.61 Å². The number of hydrogen-bond donors (Lipinski definition) is 3. The number of nitrogens with zero attached hydrogens (tertiary/aromatic N) is 4. The molecule has 0 unspecified atom stereocenters. The van der Waals surface area contributed by atoms with Crippen molar-refractivity contribution in [2.24, 2.45) is 0 Å². The molecule has 0 spiro atoms. The number of aromatic nitrogens is 4. The Labute approximate surface area is 163 Å². The fourth-order valence-corrected chi connectivity index (χ4v) is 3.41. The Balaban J connectivity index is 1.53. The molecule has 8 heteroatoms. The highest BCUT2D eigenvalue weighted by Crippen LogP contribution is 2.30. The van der Waals surface area contributed by atoms with Crippen molar-refractivity contribution < 1.29 is 14.9 Å². The zero-order chi connectivity index (χ0) is 19.5. The van der Waals surface area contributed by atoms with Gasteiger partial charge in [-0.05, 0) is 30.5 Å². The highest BCUT2D eigenvalue weighted by molar-refractivity contribution is 5.72. The first kappa shape index (κ1) is 18.8. The third kappa shape index (κ3) is 3.84. The topological polar surface area (TPSA) is 105 Å². The quantitative estimate of drug-likeness (QED) is 0.576. The van der Waals surface area contributed by atoms with E-state index >= 15 is 0 Å². The number of imidazole rings is 1. The minimum atomic E-state index is -0.710. The van der Waals surface area contributed by atoms with Gasteiger partial charge in [-0.2, -0.15) is 4.98 Å². The maximum Gasteiger partial charge on any atom is 0.229 e. The predicted octanol–water partition coefficient (Wildman–Crippen LogP) is 2.55. The lowest BCUT2D eigenvalue weighted by Crippen LogP contribution is -2.24. The molecule has 0 aliphatic carbocycles. The molecular weight excluding hydrogens is 358 g/mol. The second kappa shape index (κ2) is 8.22. The first-order valence-electron chi connectivity index (χ1n) is 9.68. The molecule has 1 aromatic carbocycles. The van der Waals surface area contributed by atoms with Crippen molar-refractivity contribution in [1.82, 2.24) is 19.5 Å². The SMILES string of the molecule is CCCCc1ccc(Nc2ncc3ncn([C@H]4C[C@H](O)[C@@H](CO)O4)c3n2)cc1. The van der Waals surface area contributed by atoms with E-state index in [1.54, 1.807) is 17.1 Å². The molecule has 0 saturated carbocycles. The molecule has 8 nitrogen and oxygen atoms in total. The van der Waals surface area contributed by atoms with Crippen LogP contribution < -0.4 is 5.32 Å². The number of ether oxygens (including phenoxy) is 1. The number of rotatable bonds is 7. The predicted molar refractivity (Wildman–Crippen MR) is 105 cm³/mol. The van der Waals surface area contributed by atoms with Gasteiger partial charge >= 0.3 is 0 Å². The Morgan fingerprint density at radius 1 is 1.25 bits per heavy atom. The number of anilines is 2. The van der Waals surface area contributed by atoms with Gasteiger partial charge in [0.25, 0.3) is 0 Å². The fourth-order valence-electron chi connectivity index (χ4n) is 3.41. The van der Waals surface area contributed by atoms with E-state index in [1.807, 2.05) is 12.1 Å². The van der Waals surface area contributed by atoms with Crippen LogP contribution in [0.2, 0.25) is 0 Å². The van der Waals surface area contributed by atoms with E-state index < -0.39 is 18.4 Å². The van der Waals surface area contributed by atoms with Crippen molar-refractivity contribution in [2.75, 3.05) is 11.9 Å². The van der Waals surface area contributed by atoms with Crippen LogP contribution in [0.3, 0.4) is 0 Å². The van der Waals surface area contributed by atoms with E-state index in [0.717, 1.165) is 12.1 Å². The van der Waals surface area contributed by atoms with E-state index in [9.17, 15) is 10.2 Å². The number of hydrogen-bond acceptors (Lipinski definition) is 7. The average Bonchev–Trinajstić information content (AvgIpc) is 3.30. The van der Waals surface area contributed by atoms with Gasteiger partial charge in [-0.1, -0.05) is 25.5 Å². The van der Waals surface area contributed by atoms with Gasteiger partial charge in [-0.25, -0.2) is 9.97 Å². The summed E-state index contributed by atoms with van der Waals surface area (Å²) < 4.78 is 7.49. The molecule has 1 aliphatic heterocycles. The van der Waals surface area contributed by atoms with Crippen molar-refractivity contribution in [3.05, 3.63) is 42.4 Å². The third-order valence-corrected chi connectivity index (χ3v) is 5.04. The van der Waals surface area contributed by atoms with E-state index in [2.05, 4.69) is 39.3 Å². The second-order valence-electron chi connectivity index (χ2n) is 7.09. The van der Waals surface area contributed by atoms with Gasteiger partial charge in [0.05, 0.1) is 25.2 Å². The van der Waals surface area contributed by atoms with Crippen molar-refractivity contribution in [3.8, 4) is 0 Å². The van der Waals surface area contributed by atoms with Crippen LogP contribution >= 0.6 is 0 Å². The lowest BCUT2D eigenvalue weighted by Gasteiger charge is -2.14. The highest BCUT2D eigenvalue weighted by Gasteiger charge is 2.35. The molecule has 4 rings (SSSR count). The number of aryl methyl sites for hydroxylation is 1. The molecule has 3 atom stereocenters. The number of unbranched alkanes of at least 4 members (excludes halogenated alkanes) is 1. The second-order valence-corrected chi connectivity index (χ2v) is 7.09. The maximum atomic E-state index is 9.99. The summed E-state index contributed by atoms with van der Waals surface area (Å²) in [4.78, 5) is 13.2. The third-order valence-electron chi connectivity index (χ3n) is 5.04. The highest BCUT2D eigenvalue weighted by atomic mass is 16.5. The molecule has 3 N–H and O–H groups in total. The summed E-state index contributed by atoms with van der Waals surface area (Å²) in [6, 6.07) is 8.28. The Morgan fingerprint density at radius 2 is 2.07 bits per heavy atom. The monoisotopic (exact) mass is 383 g/mol. The summed E-state index contributed by atoms with van der Waals surface area (Å²) in [6.07, 6.45) is 5.40. The molecule has 1 aliphatic rings. The largest absolute Gasteiger partial charge is 0.394 e. The number of aliphatic hydroxyl groups is 2. The van der Waals surface area contributed by atoms with Crippen LogP contribution in [-0.4, -0.2) is 48.5 Å². The van der Waals surface area contributed by atoms with Crippen molar-refractivity contribution in [1.29, 1.82) is 0 Å². The molecule has 148 valence electrons. The van der Waals surface area contributed by atoms with Gasteiger partial charge in [0, 0.05) is 12.1 Å². The van der Waals surface area contributed by atoms with Crippen molar-refractivity contribution in [2.45, 2.75) is 51.0 Å². The minimum absolute atomic E-state index is 0.222. The van der Waals surface area contributed by atoms with Crippen LogP contribution in [0, 0.1) is 0 Å². The molecule has 1 fully saturated rings. The molecule has 2 aromatic heterocycles. The van der Waals surface area contributed by atoms with E-state index in [4.69, 9.17) is 4.74 Å². The average molecular weight is 383 g/mol. The van der Waals surface area contributed by atoms with E-state index in [1.165, 1.54) is 18.4 Å². The van der Waals surface area contributed by atoms with Gasteiger partial charge < -0.3 is 20.3 Å². The Morgan fingerprint density at radius 3 is 2.79 bits per heavy atom. The molecule has 3 heterocycles. The number of nitrogens with one attached hydrogen (secondary N) is 1. The van der Waals surface area contributed by atoms with Crippen molar-refractivity contribution in [3.63, 3.8) is 0 Å². The molecular formula is C20H25N5O3. The standard InChI is InChI=1S/C20H25N5O3/c1-2-3-4-13-5-7-14(8-6-13)23-20-21-10-15-19(24-20)25(12-22-15)18-9-16(27)17(11-26)28-18/h5-8,10,12,16-18,26-27H,2-4,9,11H2,1H3,(H,21,23,24)/t16-,17+,18+/m0/s1. The molecule has 28 heavy (non-hydrogen) atoms. The first-order valence-corrected chi connectivity index (χ1v) is 9.68. The summed E-state index contributed by atoms with van der Waals surface area (Å²) in [7, 11) is 0. The Kier molecular flexibility index (Phi) is 5.52. The van der Waals surface area contributed by atoms with Crippen LogP contribution in [0.25, 0.3) is 11.2 Å². The van der Waals surface area contributed by atoms with Gasteiger partial charge in [0.15, 0.2) is 5.65 Å². The molecule has 0 bridgehead atoms. The summed E-state index contributed by atoms with van der Waals surface area (Å²) >= 11 is 0. The van der Waals surface area contributed by atoms with Crippen LogP contribution in [0.5, 0.6) is 0 Å².